The number of hydrogen-bond acceptors (Lipinski definition) is 5. The Kier molecular flexibility index (Phi) is 4.63. The summed E-state index contributed by atoms with van der Waals surface area (Å²) in [6.07, 6.45) is 5.52. The molecule has 0 radical (unpaired) electrons. The van der Waals surface area contributed by atoms with Crippen LogP contribution in [-0.4, -0.2) is 29.2 Å². The van der Waals surface area contributed by atoms with Crippen LogP contribution in [0.4, 0.5) is 0 Å². The molecular formula is C14H19N3OS. The molecule has 19 heavy (non-hydrogen) atoms. The SMILES string of the molecule is COC(C)(C)CNCc1cnc(-c2cccnc2)s1. The zero-order valence-electron chi connectivity index (χ0n) is 11.5. The van der Waals surface area contributed by atoms with Gasteiger partial charge in [0.2, 0.25) is 0 Å². The number of rotatable bonds is 6. The summed E-state index contributed by atoms with van der Waals surface area (Å²) in [6, 6.07) is 3.95. The third-order valence-corrected chi connectivity index (χ3v) is 3.91. The number of methoxy groups -OCH3 is 1. The molecule has 102 valence electrons. The lowest BCUT2D eigenvalue weighted by Gasteiger charge is -2.22. The molecule has 2 rings (SSSR count). The lowest BCUT2D eigenvalue weighted by atomic mass is 10.1. The van der Waals surface area contributed by atoms with Gasteiger partial charge in [0.25, 0.3) is 0 Å². The third kappa shape index (κ3) is 4.09. The molecular weight excluding hydrogens is 258 g/mol. The van der Waals surface area contributed by atoms with E-state index >= 15 is 0 Å². The Morgan fingerprint density at radius 2 is 2.21 bits per heavy atom. The monoisotopic (exact) mass is 277 g/mol. The van der Waals surface area contributed by atoms with Crippen LogP contribution in [0.15, 0.2) is 30.7 Å². The van der Waals surface area contributed by atoms with Crippen LogP contribution < -0.4 is 5.32 Å². The number of aromatic nitrogens is 2. The Labute approximate surface area is 117 Å². The maximum absolute atomic E-state index is 5.37. The normalized spacial score (nSPS) is 11.7. The molecule has 0 fully saturated rings. The van der Waals surface area contributed by atoms with E-state index in [9.17, 15) is 0 Å². The summed E-state index contributed by atoms with van der Waals surface area (Å²) < 4.78 is 5.37. The standard InChI is InChI=1S/C14H19N3OS/c1-14(2,18-3)10-16-8-12-9-17-13(19-12)11-5-4-6-15-7-11/h4-7,9,16H,8,10H2,1-3H3. The maximum Gasteiger partial charge on any atom is 0.125 e. The van der Waals surface area contributed by atoms with Gasteiger partial charge in [-0.2, -0.15) is 0 Å². The fourth-order valence-corrected chi connectivity index (χ4v) is 2.44. The van der Waals surface area contributed by atoms with E-state index in [4.69, 9.17) is 4.74 Å². The molecule has 0 saturated carbocycles. The van der Waals surface area contributed by atoms with Crippen molar-refractivity contribution in [2.45, 2.75) is 26.0 Å². The molecule has 0 bridgehead atoms. The quantitative estimate of drug-likeness (QED) is 0.882. The Balaban J connectivity index is 1.92. The fourth-order valence-electron chi connectivity index (χ4n) is 1.57. The second-order valence-corrected chi connectivity index (χ2v) is 6.06. The van der Waals surface area contributed by atoms with Crippen molar-refractivity contribution >= 4 is 11.3 Å². The zero-order valence-corrected chi connectivity index (χ0v) is 12.3. The Morgan fingerprint density at radius 3 is 2.89 bits per heavy atom. The van der Waals surface area contributed by atoms with E-state index in [1.807, 2.05) is 24.5 Å². The third-order valence-electron chi connectivity index (χ3n) is 2.86. The number of nitrogens with zero attached hydrogens (tertiary/aromatic N) is 2. The molecule has 1 N–H and O–H groups in total. The topological polar surface area (TPSA) is 47.0 Å². The summed E-state index contributed by atoms with van der Waals surface area (Å²) in [5.74, 6) is 0. The van der Waals surface area contributed by atoms with Gasteiger partial charge in [0.1, 0.15) is 5.01 Å². The van der Waals surface area contributed by atoms with Crippen molar-refractivity contribution in [1.29, 1.82) is 0 Å². The summed E-state index contributed by atoms with van der Waals surface area (Å²) >= 11 is 1.69. The van der Waals surface area contributed by atoms with Crippen LogP contribution in [0.5, 0.6) is 0 Å². The second kappa shape index (κ2) is 6.23. The zero-order chi connectivity index (χ0) is 13.7. The number of pyridine rings is 1. The van der Waals surface area contributed by atoms with Crippen molar-refractivity contribution in [3.05, 3.63) is 35.6 Å². The van der Waals surface area contributed by atoms with E-state index in [1.165, 1.54) is 4.88 Å². The highest BCUT2D eigenvalue weighted by atomic mass is 32.1. The van der Waals surface area contributed by atoms with E-state index in [2.05, 4.69) is 29.1 Å². The molecule has 2 heterocycles. The van der Waals surface area contributed by atoms with Crippen molar-refractivity contribution in [3.63, 3.8) is 0 Å². The van der Waals surface area contributed by atoms with Crippen molar-refractivity contribution in [1.82, 2.24) is 15.3 Å². The van der Waals surface area contributed by atoms with Gasteiger partial charge in [-0.15, -0.1) is 11.3 Å². The van der Waals surface area contributed by atoms with Crippen molar-refractivity contribution in [2.24, 2.45) is 0 Å². The molecule has 2 aromatic rings. The molecule has 0 spiro atoms. The summed E-state index contributed by atoms with van der Waals surface area (Å²) in [7, 11) is 1.73. The molecule has 4 nitrogen and oxygen atoms in total. The first-order valence-corrected chi connectivity index (χ1v) is 7.03. The van der Waals surface area contributed by atoms with Gasteiger partial charge in [0.15, 0.2) is 0 Å². The summed E-state index contributed by atoms with van der Waals surface area (Å²) in [5.41, 5.74) is 0.924. The van der Waals surface area contributed by atoms with Gasteiger partial charge in [-0.05, 0) is 26.0 Å². The molecule has 5 heteroatoms. The van der Waals surface area contributed by atoms with Crippen LogP contribution in [0.25, 0.3) is 10.6 Å². The van der Waals surface area contributed by atoms with Crippen LogP contribution in [-0.2, 0) is 11.3 Å². The smallest absolute Gasteiger partial charge is 0.125 e. The molecule has 0 saturated heterocycles. The molecule has 0 aliphatic heterocycles. The number of hydrogen-bond donors (Lipinski definition) is 1. The second-order valence-electron chi connectivity index (χ2n) is 4.94. The number of ether oxygens (including phenoxy) is 1. The van der Waals surface area contributed by atoms with E-state index in [-0.39, 0.29) is 5.60 Å². The van der Waals surface area contributed by atoms with Gasteiger partial charge >= 0.3 is 0 Å². The minimum atomic E-state index is -0.142. The average Bonchev–Trinajstić information content (AvgIpc) is 2.88. The van der Waals surface area contributed by atoms with Crippen molar-refractivity contribution in [3.8, 4) is 10.6 Å². The van der Waals surface area contributed by atoms with Gasteiger partial charge < -0.3 is 10.1 Å². The Morgan fingerprint density at radius 1 is 1.37 bits per heavy atom. The van der Waals surface area contributed by atoms with Gasteiger partial charge in [0.05, 0.1) is 5.60 Å². The summed E-state index contributed by atoms with van der Waals surface area (Å²) in [5, 5.41) is 4.40. The van der Waals surface area contributed by atoms with E-state index < -0.39 is 0 Å². The lowest BCUT2D eigenvalue weighted by molar-refractivity contribution is 0.0231. The number of thiazole rings is 1. The fraction of sp³-hybridized carbons (Fsp3) is 0.429. The first kappa shape index (κ1) is 14.1. The number of nitrogens with one attached hydrogen (secondary N) is 1. The highest BCUT2D eigenvalue weighted by Crippen LogP contribution is 2.24. The van der Waals surface area contributed by atoms with Crippen LogP contribution in [0, 0.1) is 0 Å². The first-order chi connectivity index (χ1) is 9.11. The molecule has 0 atom stereocenters. The van der Waals surface area contributed by atoms with E-state index in [0.717, 1.165) is 23.7 Å². The van der Waals surface area contributed by atoms with Crippen LogP contribution in [0.2, 0.25) is 0 Å². The Hall–Kier alpha value is -1.30. The molecule has 2 aromatic heterocycles. The molecule has 0 aromatic carbocycles. The predicted molar refractivity (Wildman–Crippen MR) is 78.1 cm³/mol. The summed E-state index contributed by atoms with van der Waals surface area (Å²) in [6.45, 7) is 5.75. The highest BCUT2D eigenvalue weighted by molar-refractivity contribution is 7.15. The minimum Gasteiger partial charge on any atom is -0.377 e. The van der Waals surface area contributed by atoms with Crippen LogP contribution in [0.1, 0.15) is 18.7 Å². The average molecular weight is 277 g/mol. The van der Waals surface area contributed by atoms with E-state index in [0.29, 0.717) is 0 Å². The molecule has 0 unspecified atom stereocenters. The van der Waals surface area contributed by atoms with Gasteiger partial charge in [0, 0.05) is 49.2 Å². The molecule has 0 aliphatic carbocycles. The van der Waals surface area contributed by atoms with Crippen LogP contribution >= 0.6 is 11.3 Å². The largest absolute Gasteiger partial charge is 0.377 e. The predicted octanol–water partition coefficient (Wildman–Crippen LogP) is 2.72. The van der Waals surface area contributed by atoms with Crippen molar-refractivity contribution < 1.29 is 4.74 Å². The Bertz CT molecular complexity index is 510. The minimum absolute atomic E-state index is 0.142. The molecule has 0 amide bonds. The van der Waals surface area contributed by atoms with Gasteiger partial charge in [-0.25, -0.2) is 4.98 Å². The van der Waals surface area contributed by atoms with Gasteiger partial charge in [-0.1, -0.05) is 0 Å². The van der Waals surface area contributed by atoms with Crippen LogP contribution in [0.3, 0.4) is 0 Å². The highest BCUT2D eigenvalue weighted by Gasteiger charge is 2.15. The van der Waals surface area contributed by atoms with Crippen molar-refractivity contribution in [2.75, 3.05) is 13.7 Å². The first-order valence-electron chi connectivity index (χ1n) is 6.22. The van der Waals surface area contributed by atoms with Gasteiger partial charge in [-0.3, -0.25) is 4.98 Å². The summed E-state index contributed by atoms with van der Waals surface area (Å²) in [4.78, 5) is 9.75. The maximum atomic E-state index is 5.37. The lowest BCUT2D eigenvalue weighted by Crippen LogP contribution is -2.36. The van der Waals surface area contributed by atoms with E-state index in [1.54, 1.807) is 24.6 Å². The molecule has 0 aliphatic rings.